The molecule has 0 bridgehead atoms. The average molecular weight is 251 g/mol. The van der Waals surface area contributed by atoms with Gasteiger partial charge in [0, 0.05) is 18.7 Å². The summed E-state index contributed by atoms with van der Waals surface area (Å²) in [5, 5.41) is 9.77. The summed E-state index contributed by atoms with van der Waals surface area (Å²) in [5.41, 5.74) is 1.30. The minimum atomic E-state index is -0.624. The fourth-order valence-electron chi connectivity index (χ4n) is 2.88. The minimum Gasteiger partial charge on any atom is -0.389 e. The SMILES string of the molecule is CCCC1CCN(c2c(F)cccc2[C@@H](C)O)C1. The highest BCUT2D eigenvalue weighted by Gasteiger charge is 2.26. The predicted molar refractivity (Wildman–Crippen MR) is 72.3 cm³/mol. The van der Waals surface area contributed by atoms with E-state index in [2.05, 4.69) is 11.8 Å². The van der Waals surface area contributed by atoms with Crippen molar-refractivity contribution < 1.29 is 9.50 Å². The molecule has 18 heavy (non-hydrogen) atoms. The first-order chi connectivity index (χ1) is 8.63. The van der Waals surface area contributed by atoms with Gasteiger partial charge in [-0.3, -0.25) is 0 Å². The summed E-state index contributed by atoms with van der Waals surface area (Å²) in [6, 6.07) is 4.96. The molecule has 1 fully saturated rings. The van der Waals surface area contributed by atoms with Gasteiger partial charge in [-0.15, -0.1) is 0 Å². The van der Waals surface area contributed by atoms with E-state index < -0.39 is 6.10 Å². The van der Waals surface area contributed by atoms with Gasteiger partial charge < -0.3 is 10.0 Å². The zero-order chi connectivity index (χ0) is 13.1. The Morgan fingerprint density at radius 2 is 2.28 bits per heavy atom. The predicted octanol–water partition coefficient (Wildman–Crippen LogP) is 3.51. The van der Waals surface area contributed by atoms with Gasteiger partial charge >= 0.3 is 0 Å². The molecule has 100 valence electrons. The first kappa shape index (κ1) is 13.3. The molecule has 1 aromatic carbocycles. The van der Waals surface area contributed by atoms with Crippen molar-refractivity contribution in [3.63, 3.8) is 0 Å². The monoisotopic (exact) mass is 251 g/mol. The van der Waals surface area contributed by atoms with E-state index >= 15 is 0 Å². The van der Waals surface area contributed by atoms with Crippen molar-refractivity contribution in [2.75, 3.05) is 18.0 Å². The molecule has 1 N–H and O–H groups in total. The topological polar surface area (TPSA) is 23.5 Å². The van der Waals surface area contributed by atoms with Gasteiger partial charge in [-0.2, -0.15) is 0 Å². The van der Waals surface area contributed by atoms with Gasteiger partial charge in [0.05, 0.1) is 11.8 Å². The first-order valence-corrected chi connectivity index (χ1v) is 6.85. The van der Waals surface area contributed by atoms with E-state index in [4.69, 9.17) is 0 Å². The van der Waals surface area contributed by atoms with E-state index in [-0.39, 0.29) is 5.82 Å². The lowest BCUT2D eigenvalue weighted by Crippen LogP contribution is -2.23. The number of aliphatic hydroxyl groups excluding tert-OH is 1. The first-order valence-electron chi connectivity index (χ1n) is 6.85. The second-order valence-electron chi connectivity index (χ2n) is 5.24. The quantitative estimate of drug-likeness (QED) is 0.885. The van der Waals surface area contributed by atoms with Crippen LogP contribution >= 0.6 is 0 Å². The molecule has 1 saturated heterocycles. The number of para-hydroxylation sites is 1. The molecule has 1 aliphatic heterocycles. The lowest BCUT2D eigenvalue weighted by atomic mass is 10.0. The number of rotatable bonds is 4. The van der Waals surface area contributed by atoms with Gasteiger partial charge in [-0.1, -0.05) is 25.5 Å². The smallest absolute Gasteiger partial charge is 0.146 e. The van der Waals surface area contributed by atoms with Crippen LogP contribution in [-0.4, -0.2) is 18.2 Å². The van der Waals surface area contributed by atoms with Crippen LogP contribution in [0.1, 0.15) is 44.8 Å². The fraction of sp³-hybridized carbons (Fsp3) is 0.600. The van der Waals surface area contributed by atoms with Crippen LogP contribution in [-0.2, 0) is 0 Å². The van der Waals surface area contributed by atoms with Crippen molar-refractivity contribution >= 4 is 5.69 Å². The van der Waals surface area contributed by atoms with Crippen LogP contribution in [0.5, 0.6) is 0 Å². The molecule has 0 aliphatic carbocycles. The van der Waals surface area contributed by atoms with Crippen molar-refractivity contribution in [2.24, 2.45) is 5.92 Å². The molecule has 1 aliphatic rings. The molecule has 0 radical (unpaired) electrons. The third-order valence-electron chi connectivity index (χ3n) is 3.77. The molecule has 2 atom stereocenters. The summed E-state index contributed by atoms with van der Waals surface area (Å²) in [4.78, 5) is 2.09. The largest absolute Gasteiger partial charge is 0.389 e. The Morgan fingerprint density at radius 3 is 2.94 bits per heavy atom. The molecular formula is C15H22FNO. The molecule has 0 saturated carbocycles. The highest BCUT2D eigenvalue weighted by Crippen LogP contribution is 2.34. The summed E-state index contributed by atoms with van der Waals surface area (Å²) in [6.07, 6.45) is 2.89. The molecular weight excluding hydrogens is 229 g/mol. The molecule has 1 heterocycles. The molecule has 0 spiro atoms. The Hall–Kier alpha value is -1.09. The van der Waals surface area contributed by atoms with Crippen molar-refractivity contribution in [3.8, 4) is 0 Å². The molecule has 3 heteroatoms. The zero-order valence-corrected chi connectivity index (χ0v) is 11.2. The van der Waals surface area contributed by atoms with Crippen LogP contribution in [0, 0.1) is 11.7 Å². The van der Waals surface area contributed by atoms with Gasteiger partial charge in [0.2, 0.25) is 0 Å². The maximum atomic E-state index is 14.0. The van der Waals surface area contributed by atoms with Crippen molar-refractivity contribution in [2.45, 2.75) is 39.2 Å². The third kappa shape index (κ3) is 2.66. The van der Waals surface area contributed by atoms with Gasteiger partial charge in [-0.25, -0.2) is 4.39 Å². The van der Waals surface area contributed by atoms with Crippen LogP contribution in [0.15, 0.2) is 18.2 Å². The number of anilines is 1. The lowest BCUT2D eigenvalue weighted by Gasteiger charge is -2.24. The summed E-state index contributed by atoms with van der Waals surface area (Å²) in [6.45, 7) is 5.69. The number of benzene rings is 1. The third-order valence-corrected chi connectivity index (χ3v) is 3.77. The lowest BCUT2D eigenvalue weighted by molar-refractivity contribution is 0.199. The Labute approximate surface area is 108 Å². The standard InChI is InChI=1S/C15H22FNO/c1-3-5-12-8-9-17(10-12)15-13(11(2)18)6-4-7-14(15)16/h4,6-7,11-12,18H,3,5,8-10H2,1-2H3/t11-,12?/m1/s1. The molecule has 2 rings (SSSR count). The normalized spacial score (nSPS) is 21.3. The van der Waals surface area contributed by atoms with Crippen molar-refractivity contribution in [3.05, 3.63) is 29.6 Å². The molecule has 0 amide bonds. The van der Waals surface area contributed by atoms with Crippen molar-refractivity contribution in [1.82, 2.24) is 0 Å². The van der Waals surface area contributed by atoms with Crippen LogP contribution in [0.3, 0.4) is 0 Å². The summed E-state index contributed by atoms with van der Waals surface area (Å²) in [5.74, 6) is 0.446. The Bertz CT molecular complexity index is 405. The number of hydrogen-bond acceptors (Lipinski definition) is 2. The molecule has 0 aromatic heterocycles. The minimum absolute atomic E-state index is 0.217. The van der Waals surface area contributed by atoms with E-state index in [1.165, 1.54) is 18.9 Å². The number of aliphatic hydroxyl groups is 1. The van der Waals surface area contributed by atoms with E-state index in [0.29, 0.717) is 17.2 Å². The van der Waals surface area contributed by atoms with Crippen LogP contribution in [0.4, 0.5) is 10.1 Å². The van der Waals surface area contributed by atoms with Crippen molar-refractivity contribution in [1.29, 1.82) is 0 Å². The van der Waals surface area contributed by atoms with E-state index in [1.54, 1.807) is 13.0 Å². The van der Waals surface area contributed by atoms with Gasteiger partial charge in [0.25, 0.3) is 0 Å². The van der Waals surface area contributed by atoms with Crippen LogP contribution in [0.2, 0.25) is 0 Å². The zero-order valence-electron chi connectivity index (χ0n) is 11.2. The number of nitrogens with zero attached hydrogens (tertiary/aromatic N) is 1. The number of halogens is 1. The van der Waals surface area contributed by atoms with Crippen LogP contribution < -0.4 is 4.90 Å². The second-order valence-corrected chi connectivity index (χ2v) is 5.24. The molecule has 1 aromatic rings. The summed E-state index contributed by atoms with van der Waals surface area (Å²) < 4.78 is 14.0. The average Bonchev–Trinajstić information content (AvgIpc) is 2.77. The molecule has 2 nitrogen and oxygen atoms in total. The second kappa shape index (κ2) is 5.70. The van der Waals surface area contributed by atoms with E-state index in [9.17, 15) is 9.50 Å². The number of hydrogen-bond donors (Lipinski definition) is 1. The maximum Gasteiger partial charge on any atom is 0.146 e. The maximum absolute atomic E-state index is 14.0. The van der Waals surface area contributed by atoms with E-state index in [1.807, 2.05) is 6.07 Å². The summed E-state index contributed by atoms with van der Waals surface area (Å²) in [7, 11) is 0. The highest BCUT2D eigenvalue weighted by atomic mass is 19.1. The molecule has 1 unspecified atom stereocenters. The highest BCUT2D eigenvalue weighted by molar-refractivity contribution is 5.56. The van der Waals surface area contributed by atoms with Gasteiger partial charge in [-0.05, 0) is 31.7 Å². The summed E-state index contributed by atoms with van der Waals surface area (Å²) >= 11 is 0. The Morgan fingerprint density at radius 1 is 1.50 bits per heavy atom. The Balaban J connectivity index is 2.23. The fourth-order valence-corrected chi connectivity index (χ4v) is 2.88. The Kier molecular flexibility index (Phi) is 4.23. The van der Waals surface area contributed by atoms with E-state index in [0.717, 1.165) is 19.5 Å². The van der Waals surface area contributed by atoms with Gasteiger partial charge in [0.15, 0.2) is 0 Å². The van der Waals surface area contributed by atoms with Gasteiger partial charge in [0.1, 0.15) is 5.82 Å². The van der Waals surface area contributed by atoms with Crippen LogP contribution in [0.25, 0.3) is 0 Å².